The van der Waals surface area contributed by atoms with Crippen LogP contribution in [0.5, 0.6) is 11.5 Å². The van der Waals surface area contributed by atoms with Gasteiger partial charge in [-0.1, -0.05) is 35.2 Å². The Morgan fingerprint density at radius 1 is 1.10 bits per heavy atom. The normalized spacial score (nSPS) is 12.0. The number of thiazole rings is 1. The average Bonchev–Trinajstić information content (AvgIpc) is 3.39. The number of nitrogens with zero attached hydrogens (tertiary/aromatic N) is 3. The molecule has 0 aliphatic carbocycles. The number of methoxy groups -OCH3 is 2. The Hall–Kier alpha value is -2.69. The highest BCUT2D eigenvalue weighted by Crippen LogP contribution is 2.36. The summed E-state index contributed by atoms with van der Waals surface area (Å²) >= 11 is 4.30. The first kappa shape index (κ1) is 20.6. The summed E-state index contributed by atoms with van der Waals surface area (Å²) in [5.41, 5.74) is 1.73. The molecule has 1 unspecified atom stereocenters. The molecule has 2 heterocycles. The molecule has 0 saturated carbocycles. The molecule has 2 aromatic heterocycles. The Morgan fingerprint density at radius 2 is 1.93 bits per heavy atom. The van der Waals surface area contributed by atoms with Crippen molar-refractivity contribution in [3.63, 3.8) is 0 Å². The number of benzene rings is 2. The van der Waals surface area contributed by atoms with Crippen molar-refractivity contribution < 1.29 is 14.3 Å². The van der Waals surface area contributed by atoms with Gasteiger partial charge in [-0.2, -0.15) is 0 Å². The zero-order chi connectivity index (χ0) is 21.1. The van der Waals surface area contributed by atoms with Crippen molar-refractivity contribution in [3.8, 4) is 22.1 Å². The molecule has 0 aliphatic rings. The number of thioether (sulfide) groups is 1. The maximum absolute atomic E-state index is 12.6. The summed E-state index contributed by atoms with van der Waals surface area (Å²) in [5.74, 6) is 1.17. The second-order valence-electron chi connectivity index (χ2n) is 6.18. The minimum absolute atomic E-state index is 0.149. The third kappa shape index (κ3) is 4.40. The fraction of sp³-hybridized carbons (Fsp3) is 0.200. The second-order valence-corrected chi connectivity index (χ2v) is 9.77. The Balaban J connectivity index is 1.44. The van der Waals surface area contributed by atoms with Gasteiger partial charge in [0.15, 0.2) is 9.35 Å². The fourth-order valence-corrected chi connectivity index (χ4v) is 5.66. The third-order valence-electron chi connectivity index (χ3n) is 4.22. The number of para-hydroxylation sites is 1. The van der Waals surface area contributed by atoms with E-state index in [1.807, 2.05) is 43.3 Å². The van der Waals surface area contributed by atoms with Gasteiger partial charge in [0.1, 0.15) is 11.5 Å². The summed E-state index contributed by atoms with van der Waals surface area (Å²) in [7, 11) is 3.18. The lowest BCUT2D eigenvalue weighted by atomic mass is 10.2. The van der Waals surface area contributed by atoms with E-state index in [1.54, 1.807) is 31.6 Å². The highest BCUT2D eigenvalue weighted by Gasteiger charge is 2.20. The number of rotatable bonds is 7. The molecular weight excluding hydrogens is 440 g/mol. The first-order valence-corrected chi connectivity index (χ1v) is 11.5. The summed E-state index contributed by atoms with van der Waals surface area (Å²) in [6.45, 7) is 1.85. The summed E-state index contributed by atoms with van der Waals surface area (Å²) in [4.78, 5) is 17.2. The van der Waals surface area contributed by atoms with Gasteiger partial charge in [0.25, 0.3) is 0 Å². The monoisotopic (exact) mass is 458 g/mol. The van der Waals surface area contributed by atoms with Crippen molar-refractivity contribution in [3.05, 3.63) is 42.5 Å². The number of ether oxygens (including phenoxy) is 2. The maximum Gasteiger partial charge on any atom is 0.239 e. The third-order valence-corrected chi connectivity index (χ3v) is 7.32. The number of hydrogen-bond acceptors (Lipinski definition) is 9. The minimum atomic E-state index is -0.326. The quantitative estimate of drug-likeness (QED) is 0.392. The first-order valence-electron chi connectivity index (χ1n) is 8.96. The zero-order valence-corrected chi connectivity index (χ0v) is 18.9. The van der Waals surface area contributed by atoms with Crippen molar-refractivity contribution in [2.24, 2.45) is 0 Å². The lowest BCUT2D eigenvalue weighted by Gasteiger charge is -2.08. The topological polar surface area (TPSA) is 86.2 Å². The van der Waals surface area contributed by atoms with E-state index >= 15 is 0 Å². The van der Waals surface area contributed by atoms with Crippen LogP contribution in [0.1, 0.15) is 6.92 Å². The molecule has 10 heteroatoms. The van der Waals surface area contributed by atoms with E-state index in [9.17, 15) is 4.79 Å². The standard InChI is InChI=1S/C20H18N4O3S3/c1-11(28-20-21-14-6-4-5-7-16(14)29-20)17(25)22-19-24-23-18(30-19)13-9-8-12(26-2)10-15(13)27-3/h4-11H,1-3H3,(H,22,24,25). The van der Waals surface area contributed by atoms with Gasteiger partial charge in [-0.3, -0.25) is 10.1 Å². The van der Waals surface area contributed by atoms with Crippen molar-refractivity contribution in [2.75, 3.05) is 19.5 Å². The number of amides is 1. The van der Waals surface area contributed by atoms with Crippen molar-refractivity contribution in [1.82, 2.24) is 15.2 Å². The summed E-state index contributed by atoms with van der Waals surface area (Å²) in [6.07, 6.45) is 0. The highest BCUT2D eigenvalue weighted by atomic mass is 32.2. The smallest absolute Gasteiger partial charge is 0.239 e. The van der Waals surface area contributed by atoms with Crippen LogP contribution in [-0.4, -0.2) is 40.6 Å². The fourth-order valence-electron chi connectivity index (χ4n) is 2.67. The number of aromatic nitrogens is 3. The molecule has 154 valence electrons. The van der Waals surface area contributed by atoms with Gasteiger partial charge in [-0.05, 0) is 31.2 Å². The molecule has 1 atom stereocenters. The Kier molecular flexibility index (Phi) is 6.16. The molecule has 1 N–H and O–H groups in total. The molecule has 0 bridgehead atoms. The maximum atomic E-state index is 12.6. The molecule has 0 spiro atoms. The van der Waals surface area contributed by atoms with E-state index in [1.165, 1.54) is 23.1 Å². The van der Waals surface area contributed by atoms with Crippen LogP contribution in [-0.2, 0) is 4.79 Å². The van der Waals surface area contributed by atoms with Gasteiger partial charge < -0.3 is 9.47 Å². The first-order chi connectivity index (χ1) is 14.6. The number of anilines is 1. The SMILES string of the molecule is COc1ccc(-c2nnc(NC(=O)C(C)Sc3nc4ccccc4s3)s2)c(OC)c1. The molecule has 7 nitrogen and oxygen atoms in total. The molecule has 1 amide bonds. The Bertz CT molecular complexity index is 1160. The predicted molar refractivity (Wildman–Crippen MR) is 122 cm³/mol. The summed E-state index contributed by atoms with van der Waals surface area (Å²) in [6, 6.07) is 13.4. The van der Waals surface area contributed by atoms with Gasteiger partial charge in [-0.25, -0.2) is 4.98 Å². The lowest BCUT2D eigenvalue weighted by Crippen LogP contribution is -2.22. The molecule has 30 heavy (non-hydrogen) atoms. The minimum Gasteiger partial charge on any atom is -0.497 e. The van der Waals surface area contributed by atoms with Gasteiger partial charge in [0, 0.05) is 6.07 Å². The average molecular weight is 459 g/mol. The molecule has 4 aromatic rings. The van der Waals surface area contributed by atoms with Gasteiger partial charge >= 0.3 is 0 Å². The van der Waals surface area contributed by atoms with E-state index < -0.39 is 0 Å². The zero-order valence-electron chi connectivity index (χ0n) is 16.4. The van der Waals surface area contributed by atoms with E-state index in [2.05, 4.69) is 20.5 Å². The largest absolute Gasteiger partial charge is 0.497 e. The van der Waals surface area contributed by atoms with E-state index in [0.29, 0.717) is 21.6 Å². The van der Waals surface area contributed by atoms with E-state index in [0.717, 1.165) is 20.1 Å². The van der Waals surface area contributed by atoms with Crippen LogP contribution in [0.4, 0.5) is 5.13 Å². The van der Waals surface area contributed by atoms with Crippen LogP contribution in [0.2, 0.25) is 0 Å². The number of hydrogen-bond donors (Lipinski definition) is 1. The lowest BCUT2D eigenvalue weighted by molar-refractivity contribution is -0.115. The second kappa shape index (κ2) is 8.99. The van der Waals surface area contributed by atoms with Crippen LogP contribution in [0.15, 0.2) is 46.8 Å². The van der Waals surface area contributed by atoms with Gasteiger partial charge in [0.05, 0.1) is 35.2 Å². The molecule has 0 radical (unpaired) electrons. The van der Waals surface area contributed by atoms with Crippen molar-refractivity contribution in [2.45, 2.75) is 16.5 Å². The Labute approximate surface area is 185 Å². The van der Waals surface area contributed by atoms with E-state index in [-0.39, 0.29) is 11.2 Å². The number of carbonyl (C=O) groups excluding carboxylic acids is 1. The number of fused-ring (bicyclic) bond motifs is 1. The van der Waals surface area contributed by atoms with Crippen molar-refractivity contribution in [1.29, 1.82) is 0 Å². The number of carbonyl (C=O) groups is 1. The van der Waals surface area contributed by atoms with Gasteiger partial charge in [0.2, 0.25) is 11.0 Å². The molecular formula is C20H18N4O3S3. The summed E-state index contributed by atoms with van der Waals surface area (Å²) < 4.78 is 12.6. The molecule has 0 saturated heterocycles. The molecule has 0 aliphatic heterocycles. The Morgan fingerprint density at radius 3 is 2.70 bits per heavy atom. The van der Waals surface area contributed by atoms with Crippen LogP contribution in [0.25, 0.3) is 20.8 Å². The van der Waals surface area contributed by atoms with Crippen LogP contribution in [0.3, 0.4) is 0 Å². The van der Waals surface area contributed by atoms with Crippen LogP contribution < -0.4 is 14.8 Å². The van der Waals surface area contributed by atoms with E-state index in [4.69, 9.17) is 9.47 Å². The highest BCUT2D eigenvalue weighted by molar-refractivity contribution is 8.02. The summed E-state index contributed by atoms with van der Waals surface area (Å²) in [5, 5.41) is 11.9. The molecule has 2 aromatic carbocycles. The molecule has 0 fully saturated rings. The number of nitrogens with one attached hydrogen (secondary N) is 1. The predicted octanol–water partition coefficient (Wildman–Crippen LogP) is 4.95. The molecule has 4 rings (SSSR count). The van der Waals surface area contributed by atoms with Crippen molar-refractivity contribution >= 4 is 55.7 Å². The van der Waals surface area contributed by atoms with Gasteiger partial charge in [-0.15, -0.1) is 21.5 Å². The van der Waals surface area contributed by atoms with Crippen LogP contribution >= 0.6 is 34.4 Å². The van der Waals surface area contributed by atoms with Crippen LogP contribution in [0, 0.1) is 0 Å².